The fraction of sp³-hybridized carbons (Fsp3) is 0.647. The highest BCUT2D eigenvalue weighted by Gasteiger charge is 2.27. The summed E-state index contributed by atoms with van der Waals surface area (Å²) in [4.78, 5) is 0. The number of phenols is 1. The first kappa shape index (κ1) is 17.0. The summed E-state index contributed by atoms with van der Waals surface area (Å²) < 4.78 is 0. The molecule has 0 heterocycles. The van der Waals surface area contributed by atoms with Crippen LogP contribution in [-0.2, 0) is 10.8 Å². The van der Waals surface area contributed by atoms with Crippen LogP contribution in [0.4, 0.5) is 0 Å². The first-order valence-electron chi connectivity index (χ1n) is 7.30. The van der Waals surface area contributed by atoms with E-state index in [2.05, 4.69) is 53.7 Å². The van der Waals surface area contributed by atoms with Crippen LogP contribution in [0.3, 0.4) is 0 Å². The average Bonchev–Trinajstić information content (AvgIpc) is 2.29. The van der Waals surface area contributed by atoms with Gasteiger partial charge in [0.15, 0.2) is 0 Å². The smallest absolute Gasteiger partial charge is 0.123 e. The first-order chi connectivity index (χ1) is 9.02. The van der Waals surface area contributed by atoms with Gasteiger partial charge in [-0.05, 0) is 27.5 Å². The van der Waals surface area contributed by atoms with E-state index < -0.39 is 0 Å². The molecule has 0 amide bonds. The second kappa shape index (κ2) is 5.74. The van der Waals surface area contributed by atoms with Gasteiger partial charge in [0.05, 0.1) is 0 Å². The summed E-state index contributed by atoms with van der Waals surface area (Å²) >= 11 is 0. The second-order valence-electron chi connectivity index (χ2n) is 7.63. The third-order valence-corrected chi connectivity index (χ3v) is 3.79. The van der Waals surface area contributed by atoms with Crippen molar-refractivity contribution in [3.05, 3.63) is 28.8 Å². The monoisotopic (exact) mass is 278 g/mol. The maximum atomic E-state index is 10.6. The lowest BCUT2D eigenvalue weighted by atomic mass is 9.77. The fourth-order valence-corrected chi connectivity index (χ4v) is 2.40. The highest BCUT2D eigenvalue weighted by molar-refractivity contribution is 5.50. The van der Waals surface area contributed by atoms with E-state index in [1.807, 2.05) is 0 Å². The van der Waals surface area contributed by atoms with Gasteiger partial charge in [-0.1, -0.05) is 53.7 Å². The van der Waals surface area contributed by atoms with Crippen LogP contribution in [0.5, 0.6) is 5.75 Å². The maximum absolute atomic E-state index is 10.6. The molecule has 3 heteroatoms. The molecule has 3 nitrogen and oxygen atoms in total. The average molecular weight is 278 g/mol. The number of hydrogen-bond acceptors (Lipinski definition) is 3. The minimum atomic E-state index is -0.117. The van der Waals surface area contributed by atoms with Crippen LogP contribution in [0, 0.1) is 0 Å². The van der Waals surface area contributed by atoms with Crippen LogP contribution in [0.25, 0.3) is 0 Å². The number of nitrogens with two attached hydrogens (primary N) is 2. The first-order valence-corrected chi connectivity index (χ1v) is 7.30. The van der Waals surface area contributed by atoms with Crippen LogP contribution in [0.2, 0.25) is 0 Å². The second-order valence-corrected chi connectivity index (χ2v) is 7.63. The van der Waals surface area contributed by atoms with Gasteiger partial charge in [-0.25, -0.2) is 0 Å². The number of phenolic OH excluding ortho intramolecular Hbond substituents is 1. The molecule has 0 saturated heterocycles. The van der Waals surface area contributed by atoms with Crippen molar-refractivity contribution in [1.82, 2.24) is 0 Å². The summed E-state index contributed by atoms with van der Waals surface area (Å²) in [5.41, 5.74) is 14.5. The highest BCUT2D eigenvalue weighted by atomic mass is 16.3. The summed E-state index contributed by atoms with van der Waals surface area (Å²) in [6.45, 7) is 13.7. The molecule has 20 heavy (non-hydrogen) atoms. The lowest BCUT2D eigenvalue weighted by Crippen LogP contribution is -2.24. The van der Waals surface area contributed by atoms with E-state index in [1.54, 1.807) is 0 Å². The Bertz CT molecular complexity index is 428. The van der Waals surface area contributed by atoms with Gasteiger partial charge >= 0.3 is 0 Å². The van der Waals surface area contributed by atoms with Crippen LogP contribution in [0.15, 0.2) is 12.1 Å². The number of aromatic hydroxyl groups is 1. The maximum Gasteiger partial charge on any atom is 0.123 e. The molecule has 0 saturated carbocycles. The standard InChI is InChI=1S/C17H30N2O/c1-16(2,3)13-7-11(12(9-18)10-19)8-14(15(13)20)17(4,5)6/h7-8,12,20H,9-10,18-19H2,1-6H3. The van der Waals surface area contributed by atoms with Crippen LogP contribution in [-0.4, -0.2) is 18.2 Å². The molecule has 1 aromatic carbocycles. The number of rotatable bonds is 3. The summed E-state index contributed by atoms with van der Waals surface area (Å²) in [6.07, 6.45) is 0. The van der Waals surface area contributed by atoms with Crippen LogP contribution < -0.4 is 11.5 Å². The normalized spacial score (nSPS) is 13.1. The van der Waals surface area contributed by atoms with Crippen LogP contribution in [0.1, 0.15) is 64.2 Å². The van der Waals surface area contributed by atoms with Crippen molar-refractivity contribution < 1.29 is 5.11 Å². The van der Waals surface area contributed by atoms with Gasteiger partial charge in [-0.2, -0.15) is 0 Å². The zero-order valence-corrected chi connectivity index (χ0v) is 13.7. The van der Waals surface area contributed by atoms with E-state index in [0.717, 1.165) is 16.7 Å². The minimum Gasteiger partial charge on any atom is -0.507 e. The van der Waals surface area contributed by atoms with Crippen molar-refractivity contribution in [2.75, 3.05) is 13.1 Å². The molecule has 0 atom stereocenters. The van der Waals surface area contributed by atoms with Gasteiger partial charge < -0.3 is 16.6 Å². The van der Waals surface area contributed by atoms with E-state index in [4.69, 9.17) is 11.5 Å². The lowest BCUT2D eigenvalue weighted by molar-refractivity contribution is 0.422. The van der Waals surface area contributed by atoms with Gasteiger partial charge in [0.2, 0.25) is 0 Å². The minimum absolute atomic E-state index is 0.117. The Kier molecular flexibility index (Phi) is 4.88. The van der Waals surface area contributed by atoms with Gasteiger partial charge in [0.1, 0.15) is 5.75 Å². The van der Waals surface area contributed by atoms with E-state index in [-0.39, 0.29) is 16.7 Å². The molecule has 1 aromatic rings. The molecule has 0 spiro atoms. The molecule has 0 unspecified atom stereocenters. The van der Waals surface area contributed by atoms with Gasteiger partial charge in [-0.3, -0.25) is 0 Å². The molecular weight excluding hydrogens is 248 g/mol. The molecule has 5 N–H and O–H groups in total. The third-order valence-electron chi connectivity index (χ3n) is 3.79. The van der Waals surface area contributed by atoms with Crippen molar-refractivity contribution in [1.29, 1.82) is 0 Å². The Balaban J connectivity index is 3.58. The van der Waals surface area contributed by atoms with E-state index >= 15 is 0 Å². The zero-order valence-electron chi connectivity index (χ0n) is 13.7. The molecule has 114 valence electrons. The molecule has 0 bridgehead atoms. The summed E-state index contributed by atoms with van der Waals surface area (Å²) in [7, 11) is 0. The fourth-order valence-electron chi connectivity index (χ4n) is 2.40. The SMILES string of the molecule is CC(C)(C)c1cc(C(CN)CN)cc(C(C)(C)C)c1O. The number of hydrogen-bond donors (Lipinski definition) is 3. The molecule has 0 aromatic heterocycles. The Morgan fingerprint density at radius 2 is 1.25 bits per heavy atom. The highest BCUT2D eigenvalue weighted by Crippen LogP contribution is 2.40. The molecule has 0 aliphatic rings. The molecule has 1 rings (SSSR count). The van der Waals surface area contributed by atoms with Gasteiger partial charge in [0.25, 0.3) is 0 Å². The topological polar surface area (TPSA) is 72.3 Å². The lowest BCUT2D eigenvalue weighted by Gasteiger charge is -2.29. The van der Waals surface area contributed by atoms with Gasteiger partial charge in [0, 0.05) is 19.0 Å². The molecular formula is C17H30N2O. The third kappa shape index (κ3) is 3.53. The Morgan fingerprint density at radius 1 is 0.900 bits per heavy atom. The Labute approximate surface area is 123 Å². The van der Waals surface area contributed by atoms with Crippen molar-refractivity contribution in [2.45, 2.75) is 58.3 Å². The predicted octanol–water partition coefficient (Wildman–Crippen LogP) is 2.99. The molecule has 0 radical (unpaired) electrons. The van der Waals surface area contributed by atoms with Crippen molar-refractivity contribution in [2.24, 2.45) is 11.5 Å². The van der Waals surface area contributed by atoms with Crippen molar-refractivity contribution in [3.63, 3.8) is 0 Å². The van der Waals surface area contributed by atoms with E-state index in [0.29, 0.717) is 18.8 Å². The Hall–Kier alpha value is -1.06. The van der Waals surface area contributed by atoms with Crippen molar-refractivity contribution >= 4 is 0 Å². The molecule has 0 aliphatic carbocycles. The Morgan fingerprint density at radius 3 is 1.50 bits per heavy atom. The van der Waals surface area contributed by atoms with E-state index in [1.165, 1.54) is 0 Å². The quantitative estimate of drug-likeness (QED) is 0.796. The van der Waals surface area contributed by atoms with E-state index in [9.17, 15) is 5.11 Å². The van der Waals surface area contributed by atoms with Crippen LogP contribution >= 0.6 is 0 Å². The summed E-state index contributed by atoms with van der Waals surface area (Å²) in [5.74, 6) is 0.541. The molecule has 0 aliphatic heterocycles. The van der Waals surface area contributed by atoms with Gasteiger partial charge in [-0.15, -0.1) is 0 Å². The number of benzene rings is 1. The zero-order chi connectivity index (χ0) is 15.7. The molecule has 0 fully saturated rings. The largest absolute Gasteiger partial charge is 0.507 e. The summed E-state index contributed by atoms with van der Waals surface area (Å²) in [5, 5.41) is 10.6. The predicted molar refractivity (Wildman–Crippen MR) is 86.4 cm³/mol. The van der Waals surface area contributed by atoms with Crippen molar-refractivity contribution in [3.8, 4) is 5.75 Å². The summed E-state index contributed by atoms with van der Waals surface area (Å²) in [6, 6.07) is 4.13.